The van der Waals surface area contributed by atoms with E-state index in [0.29, 0.717) is 6.04 Å². The van der Waals surface area contributed by atoms with Gasteiger partial charge in [-0.15, -0.1) is 24.8 Å². The molecule has 0 spiro atoms. The van der Waals surface area contributed by atoms with E-state index in [9.17, 15) is 0 Å². The van der Waals surface area contributed by atoms with Gasteiger partial charge in [-0.3, -0.25) is 4.90 Å². The Morgan fingerprint density at radius 3 is 2.11 bits per heavy atom. The smallest absolute Gasteiger partial charge is 0.0355 e. The van der Waals surface area contributed by atoms with Gasteiger partial charge in [-0.2, -0.15) is 0 Å². The average molecular weight is 419 g/mol. The van der Waals surface area contributed by atoms with Crippen LogP contribution in [0.2, 0.25) is 0 Å². The highest BCUT2D eigenvalue weighted by Gasteiger charge is 2.24. The molecule has 3 aromatic carbocycles. The molecule has 0 amide bonds. The van der Waals surface area contributed by atoms with Crippen molar-refractivity contribution in [3.63, 3.8) is 0 Å². The van der Waals surface area contributed by atoms with Gasteiger partial charge in [-0.05, 0) is 51.9 Å². The highest BCUT2D eigenvalue weighted by atomic mass is 35.5. The van der Waals surface area contributed by atoms with Gasteiger partial charge in [0, 0.05) is 32.2 Å². The third kappa shape index (κ3) is 4.80. The lowest BCUT2D eigenvalue weighted by Gasteiger charge is -2.36. The van der Waals surface area contributed by atoms with Crippen LogP contribution in [-0.2, 0) is 0 Å². The van der Waals surface area contributed by atoms with Crippen molar-refractivity contribution in [2.75, 3.05) is 26.2 Å². The topological polar surface area (TPSA) is 15.3 Å². The molecule has 0 unspecified atom stereocenters. The Balaban J connectivity index is 0.00000140. The first-order valence-electron chi connectivity index (χ1n) is 10.1. The molecule has 4 rings (SSSR count). The summed E-state index contributed by atoms with van der Waals surface area (Å²) in [5.41, 5.74) is 1.52. The van der Waals surface area contributed by atoms with Crippen LogP contribution in [0.3, 0.4) is 0 Å². The Bertz CT molecular complexity index is 888. The zero-order valence-corrected chi connectivity index (χ0v) is 18.5. The monoisotopic (exact) mass is 418 g/mol. The maximum Gasteiger partial charge on any atom is 0.0355 e. The maximum absolute atomic E-state index is 3.51. The van der Waals surface area contributed by atoms with Crippen LogP contribution in [0, 0.1) is 5.92 Å². The number of nitrogens with one attached hydrogen (secondary N) is 1. The van der Waals surface area contributed by atoms with Crippen LogP contribution < -0.4 is 5.32 Å². The average Bonchev–Trinajstić information content (AvgIpc) is 2.69. The zero-order chi connectivity index (χ0) is 17.9. The third-order valence-corrected chi connectivity index (χ3v) is 5.77. The molecule has 1 N–H and O–H groups in total. The van der Waals surface area contributed by atoms with Crippen LogP contribution >= 0.6 is 24.8 Å². The minimum absolute atomic E-state index is 0. The first-order valence-corrected chi connectivity index (χ1v) is 10.1. The van der Waals surface area contributed by atoms with E-state index in [2.05, 4.69) is 78.7 Å². The van der Waals surface area contributed by atoms with Crippen LogP contribution in [0.25, 0.3) is 21.5 Å². The summed E-state index contributed by atoms with van der Waals surface area (Å²) in [6.07, 6.45) is 2.51. The summed E-state index contributed by atoms with van der Waals surface area (Å²) >= 11 is 0. The van der Waals surface area contributed by atoms with E-state index in [0.717, 1.165) is 32.1 Å². The van der Waals surface area contributed by atoms with E-state index < -0.39 is 0 Å². The maximum atomic E-state index is 3.51. The van der Waals surface area contributed by atoms with E-state index in [4.69, 9.17) is 0 Å². The normalized spacial score (nSPS) is 16.0. The van der Waals surface area contributed by atoms with Crippen molar-refractivity contribution in [1.82, 2.24) is 10.2 Å². The molecule has 0 bridgehead atoms. The number of nitrogens with zero attached hydrogens (tertiary/aromatic N) is 1. The Morgan fingerprint density at radius 1 is 0.821 bits per heavy atom. The van der Waals surface area contributed by atoms with Crippen LogP contribution in [0.1, 0.15) is 38.3 Å². The largest absolute Gasteiger partial charge is 0.314 e. The van der Waals surface area contributed by atoms with E-state index in [-0.39, 0.29) is 24.8 Å². The first kappa shape index (κ1) is 23.0. The molecule has 152 valence electrons. The SMILES string of the molecule is CC(C)CC[C@@H](c1cc2ccccc2c2ccccc12)N1CCNCC1.Cl.Cl. The molecule has 28 heavy (non-hydrogen) atoms. The van der Waals surface area contributed by atoms with Crippen molar-refractivity contribution >= 4 is 46.4 Å². The van der Waals surface area contributed by atoms with Gasteiger partial charge in [0.15, 0.2) is 0 Å². The summed E-state index contributed by atoms with van der Waals surface area (Å²) in [5, 5.41) is 9.07. The second-order valence-corrected chi connectivity index (χ2v) is 8.01. The molecule has 0 aromatic heterocycles. The summed E-state index contributed by atoms with van der Waals surface area (Å²) in [7, 11) is 0. The molecule has 0 aliphatic carbocycles. The number of hydrogen-bond donors (Lipinski definition) is 1. The van der Waals surface area contributed by atoms with Crippen LogP contribution in [0.15, 0.2) is 54.6 Å². The molecular weight excluding hydrogens is 387 g/mol. The van der Waals surface area contributed by atoms with Crippen molar-refractivity contribution in [3.8, 4) is 0 Å². The van der Waals surface area contributed by atoms with Gasteiger partial charge in [0.25, 0.3) is 0 Å². The van der Waals surface area contributed by atoms with E-state index in [1.807, 2.05) is 0 Å². The molecule has 2 nitrogen and oxygen atoms in total. The van der Waals surface area contributed by atoms with Gasteiger partial charge in [-0.25, -0.2) is 0 Å². The minimum Gasteiger partial charge on any atom is -0.314 e. The van der Waals surface area contributed by atoms with Gasteiger partial charge >= 0.3 is 0 Å². The molecule has 1 saturated heterocycles. The first-order chi connectivity index (χ1) is 12.7. The molecule has 0 saturated carbocycles. The fraction of sp³-hybridized carbons (Fsp3) is 0.417. The molecule has 1 atom stereocenters. The Labute approximate surface area is 181 Å². The standard InChI is InChI=1S/C24H30N2.2ClH/c1-18(2)11-12-24(26-15-13-25-14-16-26)23-17-19-7-3-4-8-20(19)21-9-5-6-10-22(21)23;;/h3-10,17-18,24-25H,11-16H2,1-2H3;2*1H/t24-;;/m0../s1. The van der Waals surface area contributed by atoms with Gasteiger partial charge < -0.3 is 5.32 Å². The minimum atomic E-state index is 0. The zero-order valence-electron chi connectivity index (χ0n) is 16.9. The molecule has 1 heterocycles. The third-order valence-electron chi connectivity index (χ3n) is 5.77. The van der Waals surface area contributed by atoms with Gasteiger partial charge in [-0.1, -0.05) is 62.4 Å². The van der Waals surface area contributed by atoms with Gasteiger partial charge in [0.2, 0.25) is 0 Å². The molecule has 1 aliphatic rings. The highest BCUT2D eigenvalue weighted by Crippen LogP contribution is 2.37. The Kier molecular flexibility index (Phi) is 8.57. The Morgan fingerprint density at radius 2 is 1.43 bits per heavy atom. The lowest BCUT2D eigenvalue weighted by Crippen LogP contribution is -2.45. The van der Waals surface area contributed by atoms with E-state index in [1.165, 1.54) is 39.9 Å². The molecule has 3 aromatic rings. The second kappa shape index (κ2) is 10.5. The van der Waals surface area contributed by atoms with Crippen molar-refractivity contribution in [1.29, 1.82) is 0 Å². The highest BCUT2D eigenvalue weighted by molar-refractivity contribution is 6.09. The van der Waals surface area contributed by atoms with Crippen molar-refractivity contribution in [2.45, 2.75) is 32.7 Å². The van der Waals surface area contributed by atoms with Crippen molar-refractivity contribution in [2.24, 2.45) is 5.92 Å². The number of fused-ring (bicyclic) bond motifs is 3. The molecular formula is C24H32Cl2N2. The van der Waals surface area contributed by atoms with Crippen molar-refractivity contribution < 1.29 is 0 Å². The number of rotatable bonds is 5. The summed E-state index contributed by atoms with van der Waals surface area (Å²) < 4.78 is 0. The number of benzene rings is 3. The summed E-state index contributed by atoms with van der Waals surface area (Å²) in [5.74, 6) is 0.743. The number of piperazine rings is 1. The van der Waals surface area contributed by atoms with E-state index >= 15 is 0 Å². The van der Waals surface area contributed by atoms with Gasteiger partial charge in [0.1, 0.15) is 0 Å². The van der Waals surface area contributed by atoms with Crippen LogP contribution in [-0.4, -0.2) is 31.1 Å². The van der Waals surface area contributed by atoms with Gasteiger partial charge in [0.05, 0.1) is 0 Å². The molecule has 1 fully saturated rings. The lowest BCUT2D eigenvalue weighted by atomic mass is 9.89. The number of hydrogen-bond acceptors (Lipinski definition) is 2. The second-order valence-electron chi connectivity index (χ2n) is 8.01. The lowest BCUT2D eigenvalue weighted by molar-refractivity contribution is 0.161. The summed E-state index contributed by atoms with van der Waals surface area (Å²) in [4.78, 5) is 2.70. The fourth-order valence-electron chi connectivity index (χ4n) is 4.38. The van der Waals surface area contributed by atoms with Crippen LogP contribution in [0.4, 0.5) is 0 Å². The molecule has 0 radical (unpaired) electrons. The summed E-state index contributed by atoms with van der Waals surface area (Å²) in [6.45, 7) is 9.17. The predicted molar refractivity (Wildman–Crippen MR) is 127 cm³/mol. The Hall–Kier alpha value is -1.32. The fourth-order valence-corrected chi connectivity index (χ4v) is 4.38. The van der Waals surface area contributed by atoms with E-state index in [1.54, 1.807) is 0 Å². The predicted octanol–water partition coefficient (Wildman–Crippen LogP) is 6.22. The quantitative estimate of drug-likeness (QED) is 0.494. The van der Waals surface area contributed by atoms with Crippen LogP contribution in [0.5, 0.6) is 0 Å². The molecule has 1 aliphatic heterocycles. The van der Waals surface area contributed by atoms with Crippen molar-refractivity contribution in [3.05, 3.63) is 60.2 Å². The molecule has 4 heteroatoms. The number of halogens is 2. The summed E-state index contributed by atoms with van der Waals surface area (Å²) in [6, 6.07) is 20.8.